The molecule has 0 aromatic heterocycles. The molecule has 0 aliphatic heterocycles. The summed E-state index contributed by atoms with van der Waals surface area (Å²) in [4.78, 5) is 0. The average molecular weight is 307 g/mol. The van der Waals surface area contributed by atoms with E-state index in [4.69, 9.17) is 0 Å². The summed E-state index contributed by atoms with van der Waals surface area (Å²) in [5, 5.41) is 11.4. The Labute approximate surface area is 159 Å². The summed E-state index contributed by atoms with van der Waals surface area (Å²) >= 11 is -2.32. The predicted molar refractivity (Wildman–Crippen MR) is 71.9 cm³/mol. The molecule has 0 radical (unpaired) electrons. The number of hydrogen-bond donors (Lipinski definition) is 1. The van der Waals surface area contributed by atoms with E-state index in [0.717, 1.165) is 17.2 Å². The molecule has 1 unspecified atom stereocenters. The molecule has 2 aromatic carbocycles. The van der Waals surface area contributed by atoms with Crippen molar-refractivity contribution in [3.05, 3.63) is 42.5 Å². The zero-order valence-corrected chi connectivity index (χ0v) is 15.0. The summed E-state index contributed by atoms with van der Waals surface area (Å²) in [5.74, 6) is 0.350. The van der Waals surface area contributed by atoms with Crippen LogP contribution < -0.4 is 51.4 Å². The Morgan fingerprint density at radius 3 is 2.42 bits per heavy atom. The first kappa shape index (κ1) is 19.2. The molecule has 0 bridgehead atoms. The van der Waals surface area contributed by atoms with Crippen molar-refractivity contribution in [1.82, 2.24) is 0 Å². The van der Waals surface area contributed by atoms with Gasteiger partial charge in [0.15, 0.2) is 0 Å². The second-order valence-electron chi connectivity index (χ2n) is 3.52. The Balaban J connectivity index is 0. The number of phenolic OH excluding ortho intramolecular Hbond substituents is 1. The molecule has 0 heterocycles. The zero-order valence-electron chi connectivity index (χ0n) is 12.0. The third kappa shape index (κ3) is 7.53. The molecule has 0 spiro atoms. The molecule has 2 rings (SSSR count). The van der Waals surface area contributed by atoms with Crippen LogP contribution in [0.2, 0.25) is 0 Å². The Hall–Kier alpha value is 0.206. The normalized spacial score (nSPS) is 11.1. The number of phenols is 1. The Kier molecular flexibility index (Phi) is 11.0. The van der Waals surface area contributed by atoms with E-state index >= 15 is 0 Å². The van der Waals surface area contributed by atoms with E-state index in [1.54, 1.807) is 6.07 Å². The summed E-state index contributed by atoms with van der Waals surface area (Å²) in [7, 11) is 0. The van der Waals surface area contributed by atoms with Gasteiger partial charge in [-0.2, -0.15) is 0 Å². The van der Waals surface area contributed by atoms with Crippen LogP contribution in [0.3, 0.4) is 0 Å². The van der Waals surface area contributed by atoms with Crippen molar-refractivity contribution in [2.24, 2.45) is 0 Å². The molecule has 0 aliphatic carbocycles. The zero-order chi connectivity index (χ0) is 13.4. The van der Waals surface area contributed by atoms with Crippen LogP contribution in [0, 0.1) is 0 Å². The SMILES string of the molecule is CCCOS(=O)[O-].Oc1cccc2ccccc12.[H-].[K+]. The maximum absolute atomic E-state index is 9.54. The molecule has 2 aromatic rings. The van der Waals surface area contributed by atoms with Crippen molar-refractivity contribution in [3.63, 3.8) is 0 Å². The molecular weight excluding hydrogens is 291 g/mol. The van der Waals surface area contributed by atoms with Gasteiger partial charge in [-0.05, 0) is 17.9 Å². The maximum Gasteiger partial charge on any atom is 1.00 e. The van der Waals surface area contributed by atoms with Gasteiger partial charge in [-0.25, -0.2) is 4.21 Å². The number of aromatic hydroxyl groups is 1. The van der Waals surface area contributed by atoms with Crippen molar-refractivity contribution in [3.8, 4) is 5.75 Å². The molecule has 4 nitrogen and oxygen atoms in total. The van der Waals surface area contributed by atoms with Gasteiger partial charge in [0.2, 0.25) is 0 Å². The molecule has 1 N–H and O–H groups in total. The van der Waals surface area contributed by atoms with E-state index in [1.807, 2.05) is 43.3 Å². The van der Waals surface area contributed by atoms with Gasteiger partial charge >= 0.3 is 51.4 Å². The second-order valence-corrected chi connectivity index (χ2v) is 4.17. The first-order valence-corrected chi connectivity index (χ1v) is 6.54. The van der Waals surface area contributed by atoms with Gasteiger partial charge in [-0.15, -0.1) is 0 Å². The topological polar surface area (TPSA) is 69.6 Å². The van der Waals surface area contributed by atoms with Crippen LogP contribution in [0.5, 0.6) is 5.75 Å². The van der Waals surface area contributed by atoms with E-state index in [2.05, 4.69) is 4.18 Å². The molecule has 1 atom stereocenters. The smallest absolute Gasteiger partial charge is 1.00 e. The van der Waals surface area contributed by atoms with Crippen LogP contribution in [0.4, 0.5) is 0 Å². The Morgan fingerprint density at radius 1 is 1.26 bits per heavy atom. The van der Waals surface area contributed by atoms with Crippen LogP contribution in [-0.2, 0) is 15.5 Å². The van der Waals surface area contributed by atoms with Crippen LogP contribution in [0.25, 0.3) is 10.8 Å². The van der Waals surface area contributed by atoms with E-state index in [0.29, 0.717) is 5.75 Å². The minimum atomic E-state index is -2.32. The van der Waals surface area contributed by atoms with Gasteiger partial charge < -0.3 is 15.3 Å². The van der Waals surface area contributed by atoms with Gasteiger partial charge in [0.05, 0.1) is 18.0 Å². The van der Waals surface area contributed by atoms with Gasteiger partial charge in [0, 0.05) is 5.39 Å². The van der Waals surface area contributed by atoms with E-state index in [1.165, 1.54) is 0 Å². The Bertz CT molecular complexity index is 519. The standard InChI is InChI=1S/C10H8O.C3H8O3S.K.H/c11-10-7-3-5-8-4-1-2-6-9(8)10;1-2-3-6-7(4)5;;/h1-7,11H;2-3H2,1H3,(H,4,5);;/q;;+1;-1/p-1. The molecular formula is C13H16KO4S-. The molecule has 0 amide bonds. The van der Waals surface area contributed by atoms with E-state index < -0.39 is 11.4 Å². The molecule has 0 aliphatic rings. The summed E-state index contributed by atoms with van der Waals surface area (Å²) in [6.07, 6.45) is 0.730. The van der Waals surface area contributed by atoms with Crippen molar-refractivity contribution in [1.29, 1.82) is 0 Å². The van der Waals surface area contributed by atoms with Gasteiger partial charge in [0.25, 0.3) is 0 Å². The van der Waals surface area contributed by atoms with Crippen LogP contribution >= 0.6 is 0 Å². The summed E-state index contributed by atoms with van der Waals surface area (Å²) in [6.45, 7) is 2.13. The summed E-state index contributed by atoms with van der Waals surface area (Å²) in [6, 6.07) is 13.3. The average Bonchev–Trinajstić information content (AvgIpc) is 2.38. The fraction of sp³-hybridized carbons (Fsp3) is 0.231. The number of rotatable bonds is 3. The van der Waals surface area contributed by atoms with Crippen molar-refractivity contribution in [2.45, 2.75) is 13.3 Å². The third-order valence-electron chi connectivity index (χ3n) is 2.15. The molecule has 6 heteroatoms. The predicted octanol–water partition coefficient (Wildman–Crippen LogP) is -0.131. The molecule has 19 heavy (non-hydrogen) atoms. The first-order valence-electron chi connectivity index (χ1n) is 5.54. The molecule has 0 fully saturated rings. The fourth-order valence-electron chi connectivity index (χ4n) is 1.36. The van der Waals surface area contributed by atoms with Crippen LogP contribution in [-0.4, -0.2) is 20.5 Å². The molecule has 0 saturated heterocycles. The third-order valence-corrected chi connectivity index (χ3v) is 2.51. The Morgan fingerprint density at radius 2 is 1.89 bits per heavy atom. The molecule has 100 valence electrons. The first-order chi connectivity index (χ1) is 8.65. The van der Waals surface area contributed by atoms with E-state index in [9.17, 15) is 13.9 Å². The van der Waals surface area contributed by atoms with Crippen LogP contribution in [0.1, 0.15) is 14.8 Å². The van der Waals surface area contributed by atoms with Gasteiger partial charge in [-0.1, -0.05) is 43.3 Å². The summed E-state index contributed by atoms with van der Waals surface area (Å²) < 4.78 is 23.2. The minimum absolute atomic E-state index is 0. The van der Waals surface area contributed by atoms with Crippen molar-refractivity contribution < 1.29 is 70.9 Å². The minimum Gasteiger partial charge on any atom is -1.00 e. The van der Waals surface area contributed by atoms with Gasteiger partial charge in [-0.3, -0.25) is 0 Å². The van der Waals surface area contributed by atoms with Crippen molar-refractivity contribution >= 4 is 22.1 Å². The number of benzene rings is 2. The molecule has 0 saturated carbocycles. The van der Waals surface area contributed by atoms with Crippen LogP contribution in [0.15, 0.2) is 42.5 Å². The van der Waals surface area contributed by atoms with Gasteiger partial charge in [0.1, 0.15) is 5.75 Å². The second kappa shape index (κ2) is 10.9. The quantitative estimate of drug-likeness (QED) is 0.633. The summed E-state index contributed by atoms with van der Waals surface area (Å²) in [5.41, 5.74) is 0. The monoisotopic (exact) mass is 307 g/mol. The fourth-order valence-corrected chi connectivity index (χ4v) is 1.66. The number of fused-ring (bicyclic) bond motifs is 1. The van der Waals surface area contributed by atoms with E-state index in [-0.39, 0.29) is 59.4 Å². The van der Waals surface area contributed by atoms with Crippen molar-refractivity contribution in [2.75, 3.05) is 6.61 Å². The maximum atomic E-state index is 9.54. The largest absolute Gasteiger partial charge is 1.00 e. The number of hydrogen-bond acceptors (Lipinski definition) is 4.